The van der Waals surface area contributed by atoms with Crippen molar-refractivity contribution in [2.45, 2.75) is 39.8 Å². The smallest absolute Gasteiger partial charge is 0.0897 e. The fourth-order valence-corrected chi connectivity index (χ4v) is 0.264. The van der Waals surface area contributed by atoms with E-state index in [-0.39, 0.29) is 19.8 Å². The molecule has 0 saturated heterocycles. The summed E-state index contributed by atoms with van der Waals surface area (Å²) in [6.45, 7) is 8.01. The van der Waals surface area contributed by atoms with Gasteiger partial charge in [-0.2, -0.15) is 0 Å². The predicted octanol–water partition coefficient (Wildman–Crippen LogP) is 1.97. The topological polar surface area (TPSA) is 24.7 Å². The summed E-state index contributed by atoms with van der Waals surface area (Å²) in [6.07, 6.45) is 0. The largest absolute Gasteiger partial charge is 0.223 e. The van der Waals surface area contributed by atoms with E-state index in [0.717, 1.165) is 0 Å². The van der Waals surface area contributed by atoms with Gasteiger partial charge in [-0.3, -0.25) is 0 Å². The maximum atomic E-state index is 3.95. The maximum absolute atomic E-state index is 3.95. The molecule has 10 heavy (non-hydrogen) atoms. The molecule has 2 nitrogen and oxygen atoms in total. The molecule has 0 spiro atoms. The van der Waals surface area contributed by atoms with Crippen molar-refractivity contribution in [3.8, 4) is 0 Å². The van der Waals surface area contributed by atoms with Gasteiger partial charge in [0.1, 0.15) is 0 Å². The Bertz CT molecular complexity index is 112. The molecule has 0 N–H and O–H groups in total. The van der Waals surface area contributed by atoms with Crippen molar-refractivity contribution in [2.24, 2.45) is 9.98 Å². The first kappa shape index (κ1) is 12.7. The van der Waals surface area contributed by atoms with Gasteiger partial charge in [-0.1, -0.05) is 0 Å². The molecule has 0 aliphatic heterocycles. The third kappa shape index (κ3) is 10.9. The van der Waals surface area contributed by atoms with Crippen molar-refractivity contribution in [1.29, 1.82) is 0 Å². The molecule has 0 saturated carbocycles. The van der Waals surface area contributed by atoms with Crippen molar-refractivity contribution in [1.82, 2.24) is 0 Å². The Hall–Kier alpha value is 0.0164. The second kappa shape index (κ2) is 7.13. The van der Waals surface area contributed by atoms with Crippen LogP contribution in [-0.4, -0.2) is 18.1 Å². The summed E-state index contributed by atoms with van der Waals surface area (Å²) in [6, 6.07) is 3.26. The second-order valence-electron chi connectivity index (χ2n) is 2.55. The van der Waals surface area contributed by atoms with Crippen LogP contribution in [0, 0.1) is 0 Å². The van der Waals surface area contributed by atoms with Crippen LogP contribution in [0.5, 0.6) is 0 Å². The van der Waals surface area contributed by atoms with Crippen LogP contribution in [-0.2, 0) is 19.8 Å². The van der Waals surface area contributed by atoms with E-state index in [9.17, 15) is 0 Å². The van der Waals surface area contributed by atoms with Crippen LogP contribution in [0.1, 0.15) is 27.7 Å². The van der Waals surface area contributed by atoms with Crippen molar-refractivity contribution < 1.29 is 19.8 Å². The molecule has 0 aromatic heterocycles. The van der Waals surface area contributed by atoms with Crippen LogP contribution in [0.15, 0.2) is 9.98 Å². The normalized spacial score (nSPS) is 8.60. The molecule has 0 aromatic rings. The summed E-state index contributed by atoms with van der Waals surface area (Å²) in [5, 5.41) is 0. The van der Waals surface area contributed by atoms with E-state index in [2.05, 4.69) is 16.0 Å². The van der Waals surface area contributed by atoms with E-state index in [4.69, 9.17) is 0 Å². The molecule has 0 radical (unpaired) electrons. The molecule has 0 bridgehead atoms. The molecule has 0 aliphatic rings. The molecular weight excluding hydrogens is 302 g/mol. The fraction of sp³-hybridized carbons (Fsp3) is 0.857. The SMILES string of the molecule is CC(C)N=C=NC(C)C.[Os]. The van der Waals surface area contributed by atoms with Gasteiger partial charge in [0.05, 0.1) is 18.1 Å². The number of aliphatic imine (C=N–C) groups is 2. The Kier molecular flexibility index (Phi) is 9.03. The zero-order valence-electron chi connectivity index (χ0n) is 6.90. The van der Waals surface area contributed by atoms with Crippen molar-refractivity contribution in [3.05, 3.63) is 0 Å². The van der Waals surface area contributed by atoms with E-state index in [1.807, 2.05) is 27.7 Å². The monoisotopic (exact) mass is 318 g/mol. The summed E-state index contributed by atoms with van der Waals surface area (Å²) in [4.78, 5) is 7.90. The quantitative estimate of drug-likeness (QED) is 0.696. The van der Waals surface area contributed by atoms with Crippen LogP contribution < -0.4 is 0 Å². The minimum absolute atomic E-state index is 0. The number of hydrogen-bond donors (Lipinski definition) is 0. The summed E-state index contributed by atoms with van der Waals surface area (Å²) < 4.78 is 0. The van der Waals surface area contributed by atoms with Gasteiger partial charge in [0.2, 0.25) is 0 Å². The first-order valence-corrected chi connectivity index (χ1v) is 3.27. The van der Waals surface area contributed by atoms with E-state index in [1.165, 1.54) is 0 Å². The third-order valence-electron chi connectivity index (χ3n) is 0.632. The first-order valence-electron chi connectivity index (χ1n) is 3.27. The zero-order chi connectivity index (χ0) is 7.28. The van der Waals surface area contributed by atoms with Gasteiger partial charge in [0.15, 0.2) is 0 Å². The van der Waals surface area contributed by atoms with Gasteiger partial charge in [-0.25, -0.2) is 9.98 Å². The number of rotatable bonds is 2. The van der Waals surface area contributed by atoms with Gasteiger partial charge in [0.25, 0.3) is 0 Å². The zero-order valence-corrected chi connectivity index (χ0v) is 9.44. The minimum atomic E-state index is 0. The summed E-state index contributed by atoms with van der Waals surface area (Å²) in [5.74, 6) is 0. The second-order valence-corrected chi connectivity index (χ2v) is 2.55. The number of hydrogen-bond acceptors (Lipinski definition) is 2. The Morgan fingerprint density at radius 3 is 1.40 bits per heavy atom. The van der Waals surface area contributed by atoms with E-state index in [0.29, 0.717) is 12.1 Å². The molecule has 60 valence electrons. The molecule has 3 heteroatoms. The van der Waals surface area contributed by atoms with Crippen LogP contribution in [0.2, 0.25) is 0 Å². The maximum Gasteiger partial charge on any atom is 0.0897 e. The van der Waals surface area contributed by atoms with Crippen molar-refractivity contribution in [3.63, 3.8) is 0 Å². The summed E-state index contributed by atoms with van der Waals surface area (Å²) in [7, 11) is 0. The van der Waals surface area contributed by atoms with Gasteiger partial charge in [-0.15, -0.1) is 0 Å². The minimum Gasteiger partial charge on any atom is -0.223 e. The molecule has 0 rings (SSSR count). The molecule has 0 unspecified atom stereocenters. The molecule has 0 aliphatic carbocycles. The summed E-state index contributed by atoms with van der Waals surface area (Å²) in [5.41, 5.74) is 0. The molecular formula is C7H14N2Os. The average Bonchev–Trinajstić information content (AvgIpc) is 1.63. The van der Waals surface area contributed by atoms with Crippen molar-refractivity contribution in [2.75, 3.05) is 0 Å². The van der Waals surface area contributed by atoms with Crippen LogP contribution in [0.25, 0.3) is 0 Å². The first-order chi connectivity index (χ1) is 4.13. The Morgan fingerprint density at radius 2 is 1.20 bits per heavy atom. The fourth-order valence-electron chi connectivity index (χ4n) is 0.264. The molecule has 0 heterocycles. The number of nitrogens with zero attached hydrogens (tertiary/aromatic N) is 2. The Labute approximate surface area is 75.9 Å². The molecule has 0 aromatic carbocycles. The van der Waals surface area contributed by atoms with Crippen molar-refractivity contribution >= 4 is 6.01 Å². The van der Waals surface area contributed by atoms with Crippen LogP contribution in [0.3, 0.4) is 0 Å². The average molecular weight is 316 g/mol. The molecule has 0 atom stereocenters. The van der Waals surface area contributed by atoms with Gasteiger partial charge in [-0.05, 0) is 27.7 Å². The van der Waals surface area contributed by atoms with Crippen LogP contribution in [0.4, 0.5) is 0 Å². The Morgan fingerprint density at radius 1 is 0.900 bits per heavy atom. The van der Waals surface area contributed by atoms with E-state index in [1.54, 1.807) is 0 Å². The Balaban J connectivity index is 0. The standard InChI is InChI=1S/C7H14N2.Os/c1-6(2)8-5-9-7(3)4;/h6-7H,1-4H3;. The van der Waals surface area contributed by atoms with E-state index < -0.39 is 0 Å². The van der Waals surface area contributed by atoms with Gasteiger partial charge in [0, 0.05) is 19.8 Å². The van der Waals surface area contributed by atoms with Crippen LogP contribution >= 0.6 is 0 Å². The molecule has 0 amide bonds. The molecule has 0 fully saturated rings. The predicted molar refractivity (Wildman–Crippen MR) is 40.1 cm³/mol. The van der Waals surface area contributed by atoms with Gasteiger partial charge < -0.3 is 0 Å². The summed E-state index contributed by atoms with van der Waals surface area (Å²) >= 11 is 0. The van der Waals surface area contributed by atoms with E-state index >= 15 is 0 Å². The third-order valence-corrected chi connectivity index (χ3v) is 0.632. The van der Waals surface area contributed by atoms with Gasteiger partial charge >= 0.3 is 0 Å².